The molecule has 0 aliphatic rings. The van der Waals surface area contributed by atoms with Gasteiger partial charge in [0.2, 0.25) is 0 Å². The normalized spacial score (nSPS) is 15.0. The largest absolute Gasteiger partial charge is 0.410 e. The number of rotatable bonds is 7. The summed E-state index contributed by atoms with van der Waals surface area (Å²) in [7, 11) is -3.06. The van der Waals surface area contributed by atoms with Crippen molar-refractivity contribution in [1.82, 2.24) is 0 Å². The van der Waals surface area contributed by atoms with Gasteiger partial charge in [0, 0.05) is 4.90 Å². The Bertz CT molecular complexity index is 774. The number of benzene rings is 2. The first-order chi connectivity index (χ1) is 12.6. The number of aryl methyl sites for hydroxylation is 1. The van der Waals surface area contributed by atoms with Gasteiger partial charge in [-0.3, -0.25) is 4.21 Å². The summed E-state index contributed by atoms with van der Waals surface area (Å²) in [5.41, 5.74) is 2.30. The van der Waals surface area contributed by atoms with Crippen molar-refractivity contribution >= 4 is 25.2 Å². The molecule has 0 aliphatic carbocycles. The van der Waals surface area contributed by atoms with Gasteiger partial charge >= 0.3 is 0 Å². The predicted molar refractivity (Wildman–Crippen MR) is 120 cm³/mol. The summed E-state index contributed by atoms with van der Waals surface area (Å²) < 4.78 is 19.5. The maximum atomic E-state index is 12.9. The Labute approximate surface area is 168 Å². The summed E-state index contributed by atoms with van der Waals surface area (Å²) in [4.78, 5) is 0.859. The Morgan fingerprint density at radius 1 is 1.04 bits per heavy atom. The van der Waals surface area contributed by atoms with Crippen LogP contribution in [0.2, 0.25) is 18.1 Å². The average molecular weight is 401 g/mol. The first-order valence-electron chi connectivity index (χ1n) is 9.44. The van der Waals surface area contributed by atoms with Gasteiger partial charge in [0.05, 0.1) is 22.7 Å². The van der Waals surface area contributed by atoms with Gasteiger partial charge in [0.15, 0.2) is 8.32 Å². The van der Waals surface area contributed by atoms with Gasteiger partial charge in [-0.25, -0.2) is 0 Å². The van der Waals surface area contributed by atoms with E-state index < -0.39 is 19.1 Å². The fourth-order valence-electron chi connectivity index (χ4n) is 2.40. The van der Waals surface area contributed by atoms with Crippen LogP contribution in [0.15, 0.2) is 65.6 Å². The third-order valence-electron chi connectivity index (χ3n) is 5.15. The highest BCUT2D eigenvalue weighted by Crippen LogP contribution is 2.37. The van der Waals surface area contributed by atoms with E-state index in [1.165, 1.54) is 5.56 Å². The van der Waals surface area contributed by atoms with Crippen LogP contribution in [0.5, 0.6) is 0 Å². The Hall–Kier alpha value is -1.49. The maximum Gasteiger partial charge on any atom is 0.192 e. The average Bonchev–Trinajstić information content (AvgIpc) is 2.60. The molecule has 0 fully saturated rings. The van der Waals surface area contributed by atoms with E-state index in [2.05, 4.69) is 58.2 Å². The fourth-order valence-corrected chi connectivity index (χ4v) is 4.90. The Balaban J connectivity index is 2.21. The van der Waals surface area contributed by atoms with E-state index >= 15 is 0 Å². The molecule has 2 atom stereocenters. The number of hydrogen-bond donors (Lipinski definition) is 0. The molecule has 0 saturated heterocycles. The zero-order valence-electron chi connectivity index (χ0n) is 17.4. The van der Waals surface area contributed by atoms with E-state index in [1.807, 2.05) is 49.4 Å². The summed E-state index contributed by atoms with van der Waals surface area (Å²) in [5.74, 6) is 0.471. The van der Waals surface area contributed by atoms with Crippen molar-refractivity contribution in [1.29, 1.82) is 0 Å². The van der Waals surface area contributed by atoms with E-state index in [1.54, 1.807) is 0 Å². The van der Waals surface area contributed by atoms with Gasteiger partial charge in [0.1, 0.15) is 0 Å². The predicted octanol–water partition coefficient (Wildman–Crippen LogP) is 6.21. The van der Waals surface area contributed by atoms with Crippen molar-refractivity contribution in [3.05, 3.63) is 71.8 Å². The Morgan fingerprint density at radius 2 is 1.63 bits per heavy atom. The molecule has 0 amide bonds. The van der Waals surface area contributed by atoms with E-state index in [0.29, 0.717) is 5.75 Å². The molecule has 0 bridgehead atoms. The lowest BCUT2D eigenvalue weighted by Gasteiger charge is -2.38. The van der Waals surface area contributed by atoms with Gasteiger partial charge in [-0.15, -0.1) is 0 Å². The van der Waals surface area contributed by atoms with E-state index in [0.717, 1.165) is 10.5 Å². The maximum absolute atomic E-state index is 12.9. The lowest BCUT2D eigenvalue weighted by molar-refractivity contribution is 0.247. The van der Waals surface area contributed by atoms with Gasteiger partial charge < -0.3 is 4.43 Å². The molecule has 0 radical (unpaired) electrons. The summed E-state index contributed by atoms with van der Waals surface area (Å²) in [6, 6.07) is 18.1. The van der Waals surface area contributed by atoms with Crippen LogP contribution in [0.25, 0.3) is 6.08 Å². The van der Waals surface area contributed by atoms with Crippen LogP contribution >= 0.6 is 0 Å². The SMILES string of the molecule is Cc1ccc([S@](=O)C[C@@H](/C=C/c2ccccc2)O[Si](C)(C)C(C)(C)C)cc1. The molecule has 2 aromatic rings. The highest BCUT2D eigenvalue weighted by Gasteiger charge is 2.39. The van der Waals surface area contributed by atoms with Gasteiger partial charge in [-0.2, -0.15) is 0 Å². The molecule has 2 rings (SSSR count). The fraction of sp³-hybridized carbons (Fsp3) is 0.391. The lowest BCUT2D eigenvalue weighted by Crippen LogP contribution is -2.44. The monoisotopic (exact) mass is 400 g/mol. The molecular weight excluding hydrogens is 368 g/mol. The Morgan fingerprint density at radius 3 is 2.19 bits per heavy atom. The molecule has 0 unspecified atom stereocenters. The van der Waals surface area contributed by atoms with Crippen LogP contribution in [0.1, 0.15) is 31.9 Å². The molecule has 146 valence electrons. The minimum Gasteiger partial charge on any atom is -0.410 e. The smallest absolute Gasteiger partial charge is 0.192 e. The van der Waals surface area contributed by atoms with Gasteiger partial charge in [-0.1, -0.05) is 81.0 Å². The zero-order valence-corrected chi connectivity index (χ0v) is 19.2. The second kappa shape index (κ2) is 9.13. The van der Waals surface area contributed by atoms with Crippen molar-refractivity contribution in [2.75, 3.05) is 5.75 Å². The standard InChI is InChI=1S/C23H32O2SSi/c1-19-12-16-22(17-13-19)26(24)18-21(25-27(5,6)23(2,3)4)15-14-20-10-8-7-9-11-20/h7-17,21H,18H2,1-6H3/b15-14+/t21-,26-/m1/s1. The lowest BCUT2D eigenvalue weighted by atomic mass is 10.2. The second-order valence-corrected chi connectivity index (χ2v) is 14.8. The van der Waals surface area contributed by atoms with Crippen LogP contribution in [0.3, 0.4) is 0 Å². The Kier molecular flexibility index (Phi) is 7.37. The summed E-state index contributed by atoms with van der Waals surface area (Å²) in [6.45, 7) is 13.2. The minimum absolute atomic E-state index is 0.108. The van der Waals surface area contributed by atoms with Gasteiger partial charge in [-0.05, 0) is 42.8 Å². The molecule has 0 saturated carbocycles. The molecule has 2 aromatic carbocycles. The molecule has 4 heteroatoms. The van der Waals surface area contributed by atoms with Crippen molar-refractivity contribution in [2.24, 2.45) is 0 Å². The highest BCUT2D eigenvalue weighted by atomic mass is 32.2. The van der Waals surface area contributed by atoms with Crippen LogP contribution in [-0.4, -0.2) is 24.4 Å². The molecule has 0 N–H and O–H groups in total. The molecule has 2 nitrogen and oxygen atoms in total. The second-order valence-electron chi connectivity index (χ2n) is 8.51. The van der Waals surface area contributed by atoms with E-state index in [-0.39, 0.29) is 11.1 Å². The third kappa shape index (κ3) is 6.56. The van der Waals surface area contributed by atoms with Crippen molar-refractivity contribution in [2.45, 2.75) is 56.8 Å². The number of hydrogen-bond acceptors (Lipinski definition) is 2. The first-order valence-corrected chi connectivity index (χ1v) is 13.7. The van der Waals surface area contributed by atoms with Crippen LogP contribution in [0, 0.1) is 6.92 Å². The van der Waals surface area contributed by atoms with E-state index in [9.17, 15) is 4.21 Å². The van der Waals surface area contributed by atoms with Crippen LogP contribution in [-0.2, 0) is 15.2 Å². The third-order valence-corrected chi connectivity index (χ3v) is 11.1. The molecule has 0 aliphatic heterocycles. The first kappa shape index (κ1) is 21.8. The van der Waals surface area contributed by atoms with Crippen LogP contribution in [0.4, 0.5) is 0 Å². The molecule has 27 heavy (non-hydrogen) atoms. The van der Waals surface area contributed by atoms with Crippen molar-refractivity contribution in [3.63, 3.8) is 0 Å². The van der Waals surface area contributed by atoms with Gasteiger partial charge in [0.25, 0.3) is 0 Å². The minimum atomic E-state index is -1.97. The summed E-state index contributed by atoms with van der Waals surface area (Å²) in [5, 5.41) is 0.108. The topological polar surface area (TPSA) is 26.3 Å². The molecular formula is C23H32O2SSi. The van der Waals surface area contributed by atoms with Crippen LogP contribution < -0.4 is 0 Å². The molecule has 0 heterocycles. The zero-order chi connectivity index (χ0) is 20.1. The molecule has 0 spiro atoms. The summed E-state index contributed by atoms with van der Waals surface area (Å²) >= 11 is 0. The highest BCUT2D eigenvalue weighted by molar-refractivity contribution is 7.85. The summed E-state index contributed by atoms with van der Waals surface area (Å²) in [6.07, 6.45) is 3.97. The quantitative estimate of drug-likeness (QED) is 0.517. The molecule has 0 aromatic heterocycles. The van der Waals surface area contributed by atoms with E-state index in [4.69, 9.17) is 4.43 Å². The van der Waals surface area contributed by atoms with Crippen molar-refractivity contribution in [3.8, 4) is 0 Å². The van der Waals surface area contributed by atoms with Crippen molar-refractivity contribution < 1.29 is 8.63 Å².